The zero-order chi connectivity index (χ0) is 11.7. The van der Waals surface area contributed by atoms with Gasteiger partial charge in [-0.25, -0.2) is 4.99 Å². The number of aliphatic imine (C=N–C) groups is 1. The van der Waals surface area contributed by atoms with E-state index in [4.69, 9.17) is 5.41 Å². The van der Waals surface area contributed by atoms with Gasteiger partial charge in [0.1, 0.15) is 0 Å². The van der Waals surface area contributed by atoms with Crippen LogP contribution < -0.4 is 0 Å². The lowest BCUT2D eigenvalue weighted by Crippen LogP contribution is -2.04. The van der Waals surface area contributed by atoms with Crippen LogP contribution in [0.2, 0.25) is 0 Å². The highest BCUT2D eigenvalue weighted by atomic mass is 14.7. The standard InChI is InChI=1S/C13H22N2/c1-5-9-15-10-12(6-2)7-8-13(14)11(3)4/h5,7,11,14H,6,8,10H2,1-4H3. The summed E-state index contributed by atoms with van der Waals surface area (Å²) in [7, 11) is 0. The quantitative estimate of drug-likeness (QED) is 0.509. The number of nitrogens with one attached hydrogen (secondary N) is 1. The molecule has 15 heavy (non-hydrogen) atoms. The van der Waals surface area contributed by atoms with Crippen molar-refractivity contribution >= 4 is 11.6 Å². The molecule has 0 aliphatic heterocycles. The molecule has 0 aliphatic rings. The van der Waals surface area contributed by atoms with E-state index in [1.165, 1.54) is 5.57 Å². The first-order chi connectivity index (χ1) is 7.11. The van der Waals surface area contributed by atoms with Gasteiger partial charge in [-0.15, -0.1) is 0 Å². The van der Waals surface area contributed by atoms with Crippen molar-refractivity contribution in [2.75, 3.05) is 6.54 Å². The number of hydrogen-bond acceptors (Lipinski definition) is 2. The number of hydrogen-bond donors (Lipinski definition) is 1. The molecule has 0 bridgehead atoms. The normalized spacial score (nSPS) is 11.1. The van der Waals surface area contributed by atoms with Crippen LogP contribution in [0.1, 0.15) is 40.5 Å². The molecule has 2 heteroatoms. The van der Waals surface area contributed by atoms with Crippen molar-refractivity contribution in [3.8, 4) is 0 Å². The van der Waals surface area contributed by atoms with Crippen molar-refractivity contribution in [3.05, 3.63) is 17.7 Å². The predicted octanol–water partition coefficient (Wildman–Crippen LogP) is 3.63. The minimum absolute atomic E-state index is 0.346. The van der Waals surface area contributed by atoms with Gasteiger partial charge in [0.15, 0.2) is 0 Å². The van der Waals surface area contributed by atoms with E-state index in [0.717, 1.165) is 18.6 Å². The Bertz CT molecular complexity index is 279. The Morgan fingerprint density at radius 3 is 2.60 bits per heavy atom. The summed E-state index contributed by atoms with van der Waals surface area (Å²) in [6.07, 6.45) is 5.69. The third kappa shape index (κ3) is 6.87. The van der Waals surface area contributed by atoms with Gasteiger partial charge in [-0.3, -0.25) is 0 Å². The van der Waals surface area contributed by atoms with Gasteiger partial charge in [0, 0.05) is 12.1 Å². The molecule has 2 nitrogen and oxygen atoms in total. The van der Waals surface area contributed by atoms with E-state index in [-0.39, 0.29) is 0 Å². The van der Waals surface area contributed by atoms with Crippen LogP contribution >= 0.6 is 0 Å². The van der Waals surface area contributed by atoms with E-state index >= 15 is 0 Å². The van der Waals surface area contributed by atoms with Gasteiger partial charge < -0.3 is 5.41 Å². The van der Waals surface area contributed by atoms with Gasteiger partial charge in [0.05, 0.1) is 6.54 Å². The van der Waals surface area contributed by atoms with Crippen LogP contribution in [-0.2, 0) is 0 Å². The molecule has 0 aromatic carbocycles. The van der Waals surface area contributed by atoms with Crippen LogP contribution in [0.4, 0.5) is 0 Å². The molecular formula is C13H22N2. The first kappa shape index (κ1) is 13.9. The van der Waals surface area contributed by atoms with Crippen molar-refractivity contribution in [2.45, 2.75) is 40.5 Å². The number of rotatable bonds is 6. The first-order valence-corrected chi connectivity index (χ1v) is 5.56. The molecular weight excluding hydrogens is 184 g/mol. The summed E-state index contributed by atoms with van der Waals surface area (Å²) in [6.45, 7) is 8.86. The van der Waals surface area contributed by atoms with E-state index in [0.29, 0.717) is 12.5 Å². The van der Waals surface area contributed by atoms with Crippen molar-refractivity contribution in [1.82, 2.24) is 0 Å². The van der Waals surface area contributed by atoms with Crippen molar-refractivity contribution in [3.63, 3.8) is 0 Å². The van der Waals surface area contributed by atoms with E-state index in [1.54, 1.807) is 0 Å². The Labute approximate surface area is 93.3 Å². The second kappa shape index (κ2) is 8.19. The Balaban J connectivity index is 4.22. The summed E-state index contributed by atoms with van der Waals surface area (Å²) >= 11 is 0. The smallest absolute Gasteiger partial charge is 0.0694 e. The van der Waals surface area contributed by atoms with Crippen LogP contribution in [-0.4, -0.2) is 18.1 Å². The maximum atomic E-state index is 7.73. The van der Waals surface area contributed by atoms with Gasteiger partial charge in [-0.1, -0.05) is 32.4 Å². The molecule has 84 valence electrons. The Hall–Kier alpha value is -1.14. The Morgan fingerprint density at radius 1 is 1.47 bits per heavy atom. The molecule has 0 saturated heterocycles. The summed E-state index contributed by atoms with van der Waals surface area (Å²) in [5.41, 5.74) is 2.07. The zero-order valence-electron chi connectivity index (χ0n) is 10.3. The lowest BCUT2D eigenvalue weighted by atomic mass is 10.0. The number of nitrogens with zero attached hydrogens (tertiary/aromatic N) is 1. The van der Waals surface area contributed by atoms with E-state index in [1.807, 2.05) is 13.0 Å². The molecule has 0 atom stereocenters. The van der Waals surface area contributed by atoms with Crippen LogP contribution in [0.15, 0.2) is 22.7 Å². The maximum absolute atomic E-state index is 7.73. The van der Waals surface area contributed by atoms with E-state index < -0.39 is 0 Å². The van der Waals surface area contributed by atoms with Gasteiger partial charge in [-0.2, -0.15) is 0 Å². The highest BCUT2D eigenvalue weighted by Crippen LogP contribution is 2.06. The van der Waals surface area contributed by atoms with Crippen molar-refractivity contribution in [1.29, 1.82) is 5.41 Å². The van der Waals surface area contributed by atoms with Gasteiger partial charge >= 0.3 is 0 Å². The van der Waals surface area contributed by atoms with E-state index in [9.17, 15) is 0 Å². The van der Waals surface area contributed by atoms with Crippen LogP contribution in [0.5, 0.6) is 0 Å². The third-order valence-electron chi connectivity index (χ3n) is 2.26. The van der Waals surface area contributed by atoms with Crippen LogP contribution in [0, 0.1) is 11.3 Å². The molecule has 1 N–H and O–H groups in total. The Kier molecular flexibility index (Phi) is 7.57. The van der Waals surface area contributed by atoms with E-state index in [2.05, 4.69) is 37.7 Å². The molecule has 0 heterocycles. The molecule has 0 aromatic heterocycles. The fourth-order valence-corrected chi connectivity index (χ4v) is 1.05. The summed E-state index contributed by atoms with van der Waals surface area (Å²) in [4.78, 5) is 4.14. The van der Waals surface area contributed by atoms with Crippen molar-refractivity contribution < 1.29 is 0 Å². The lowest BCUT2D eigenvalue weighted by molar-refractivity contribution is 0.856. The minimum atomic E-state index is 0.346. The summed E-state index contributed by atoms with van der Waals surface area (Å²) in [6, 6.07) is 0. The monoisotopic (exact) mass is 206 g/mol. The molecule has 0 radical (unpaired) electrons. The molecule has 0 fully saturated rings. The second-order valence-electron chi connectivity index (χ2n) is 3.83. The molecule has 0 amide bonds. The maximum Gasteiger partial charge on any atom is 0.0694 e. The highest BCUT2D eigenvalue weighted by Gasteiger charge is 2.00. The molecule has 0 rings (SSSR count). The highest BCUT2D eigenvalue weighted by molar-refractivity contribution is 5.84. The predicted molar refractivity (Wildman–Crippen MR) is 68.1 cm³/mol. The SMILES string of the molecule is CC=C=NCC(=CCC(=N)C(C)C)CC. The van der Waals surface area contributed by atoms with Crippen LogP contribution in [0.3, 0.4) is 0 Å². The zero-order valence-corrected chi connectivity index (χ0v) is 10.3. The topological polar surface area (TPSA) is 36.2 Å². The molecule has 0 saturated carbocycles. The summed E-state index contributed by atoms with van der Waals surface area (Å²) in [5.74, 6) is 3.17. The minimum Gasteiger partial charge on any atom is -0.309 e. The average Bonchev–Trinajstić information content (AvgIpc) is 2.22. The van der Waals surface area contributed by atoms with Gasteiger partial charge in [0.25, 0.3) is 0 Å². The first-order valence-electron chi connectivity index (χ1n) is 5.56. The van der Waals surface area contributed by atoms with Gasteiger partial charge in [-0.05, 0) is 31.2 Å². The largest absolute Gasteiger partial charge is 0.309 e. The number of allylic oxidation sites excluding steroid dienone is 2. The third-order valence-corrected chi connectivity index (χ3v) is 2.26. The molecule has 0 aromatic rings. The van der Waals surface area contributed by atoms with Crippen LogP contribution in [0.25, 0.3) is 0 Å². The van der Waals surface area contributed by atoms with Crippen molar-refractivity contribution in [2.24, 2.45) is 10.9 Å². The van der Waals surface area contributed by atoms with Gasteiger partial charge in [0.2, 0.25) is 0 Å². The molecule has 0 aliphatic carbocycles. The molecule has 0 unspecified atom stereocenters. The second-order valence-corrected chi connectivity index (χ2v) is 3.83. The average molecular weight is 206 g/mol. The molecule has 0 spiro atoms. The summed E-state index contributed by atoms with van der Waals surface area (Å²) < 4.78 is 0. The fourth-order valence-electron chi connectivity index (χ4n) is 1.05. The fraction of sp³-hybridized carbons (Fsp3) is 0.615. The lowest BCUT2D eigenvalue weighted by Gasteiger charge is -2.05. The Morgan fingerprint density at radius 2 is 2.13 bits per heavy atom. The summed E-state index contributed by atoms with van der Waals surface area (Å²) in [5, 5.41) is 7.73.